The van der Waals surface area contributed by atoms with Crippen LogP contribution in [-0.2, 0) is 6.54 Å². The van der Waals surface area contributed by atoms with Crippen LogP contribution in [0.15, 0.2) is 87.6 Å². The molecule has 0 aliphatic carbocycles. The zero-order valence-corrected chi connectivity index (χ0v) is 16.8. The van der Waals surface area contributed by atoms with E-state index < -0.39 is 5.91 Å². The summed E-state index contributed by atoms with van der Waals surface area (Å²) in [5.74, 6) is 0.230. The number of allylic oxidation sites excluding steroid dienone is 2. The lowest BCUT2D eigenvalue weighted by atomic mass is 10.0. The molecule has 1 amide bonds. The topological polar surface area (TPSA) is 105 Å². The van der Waals surface area contributed by atoms with Crippen molar-refractivity contribution in [1.29, 1.82) is 0 Å². The fraction of sp³-hybridized carbons (Fsp3) is 0.167. The zero-order valence-electron chi connectivity index (χ0n) is 16.8. The lowest BCUT2D eigenvalue weighted by Crippen LogP contribution is -2.53. The Morgan fingerprint density at radius 3 is 2.87 bits per heavy atom. The van der Waals surface area contributed by atoms with Crippen LogP contribution in [0.3, 0.4) is 0 Å². The molecule has 0 saturated carbocycles. The highest BCUT2D eigenvalue weighted by Gasteiger charge is 2.31. The Hall–Kier alpha value is -3.68. The number of hydrogen-bond donors (Lipinski definition) is 4. The van der Waals surface area contributed by atoms with Crippen molar-refractivity contribution in [2.45, 2.75) is 18.9 Å². The Morgan fingerprint density at radius 1 is 1.16 bits per heavy atom. The summed E-state index contributed by atoms with van der Waals surface area (Å²) in [6.45, 7) is 1.30. The van der Waals surface area contributed by atoms with Gasteiger partial charge in [-0.3, -0.25) is 20.4 Å². The van der Waals surface area contributed by atoms with Crippen LogP contribution in [0, 0.1) is 0 Å². The monoisotopic (exact) mass is 413 g/mol. The number of carbonyl (C=O) groups is 1. The van der Waals surface area contributed by atoms with E-state index in [1.165, 1.54) is 5.56 Å². The lowest BCUT2D eigenvalue weighted by molar-refractivity contribution is 0.100. The van der Waals surface area contributed by atoms with Crippen LogP contribution in [0.25, 0.3) is 10.8 Å². The van der Waals surface area contributed by atoms with Crippen molar-refractivity contribution < 1.29 is 9.21 Å². The van der Waals surface area contributed by atoms with Gasteiger partial charge < -0.3 is 15.5 Å². The van der Waals surface area contributed by atoms with Gasteiger partial charge in [-0.1, -0.05) is 42.5 Å². The number of furan rings is 1. The summed E-state index contributed by atoms with van der Waals surface area (Å²) >= 11 is 0. The predicted octanol–water partition coefficient (Wildman–Crippen LogP) is 2.73. The number of aliphatic imine (C=N–C) groups is 1. The van der Waals surface area contributed by atoms with Crippen molar-refractivity contribution in [2.24, 2.45) is 10.7 Å². The molecule has 5 rings (SSSR count). The number of fused-ring (bicyclic) bond motifs is 1. The van der Waals surface area contributed by atoms with E-state index in [-0.39, 0.29) is 12.3 Å². The first kappa shape index (κ1) is 19.3. The number of hydrogen-bond acceptors (Lipinski definition) is 6. The first-order chi connectivity index (χ1) is 15.2. The summed E-state index contributed by atoms with van der Waals surface area (Å²) in [7, 11) is 0. The van der Waals surface area contributed by atoms with Crippen LogP contribution >= 0.6 is 0 Å². The highest BCUT2D eigenvalue weighted by Crippen LogP contribution is 2.31. The molecule has 2 aromatic carbocycles. The molecule has 31 heavy (non-hydrogen) atoms. The first-order valence-corrected chi connectivity index (χ1v) is 10.2. The van der Waals surface area contributed by atoms with E-state index in [1.54, 1.807) is 12.3 Å². The number of nitrogens with two attached hydrogens (primary N) is 1. The minimum atomic E-state index is -0.473. The van der Waals surface area contributed by atoms with E-state index >= 15 is 0 Å². The van der Waals surface area contributed by atoms with Crippen LogP contribution in [0.1, 0.15) is 27.8 Å². The van der Waals surface area contributed by atoms with Gasteiger partial charge in [-0.2, -0.15) is 0 Å². The molecule has 7 heteroatoms. The smallest absolute Gasteiger partial charge is 0.249 e. The Balaban J connectivity index is 1.48. The maximum Gasteiger partial charge on any atom is 0.249 e. The van der Waals surface area contributed by atoms with Crippen LogP contribution < -0.4 is 21.7 Å². The molecule has 0 spiro atoms. The van der Waals surface area contributed by atoms with Crippen molar-refractivity contribution in [3.63, 3.8) is 0 Å². The minimum absolute atomic E-state index is 0.110. The number of amides is 1. The highest BCUT2D eigenvalue weighted by molar-refractivity contribution is 6.06. The normalized spacial score (nSPS) is 20.4. The van der Waals surface area contributed by atoms with E-state index in [1.807, 2.05) is 48.7 Å². The third-order valence-electron chi connectivity index (χ3n) is 5.60. The number of rotatable bonds is 5. The van der Waals surface area contributed by atoms with Crippen molar-refractivity contribution in [3.05, 3.63) is 95.1 Å². The summed E-state index contributed by atoms with van der Waals surface area (Å²) in [6, 6.07) is 15.7. The molecule has 7 nitrogen and oxygen atoms in total. The fourth-order valence-corrected chi connectivity index (χ4v) is 4.07. The van der Waals surface area contributed by atoms with Gasteiger partial charge >= 0.3 is 0 Å². The highest BCUT2D eigenvalue weighted by atomic mass is 16.3. The summed E-state index contributed by atoms with van der Waals surface area (Å²) in [5.41, 5.74) is 9.32. The average Bonchev–Trinajstić information content (AvgIpc) is 3.08. The molecular weight excluding hydrogens is 390 g/mol. The van der Waals surface area contributed by atoms with Crippen molar-refractivity contribution in [2.75, 3.05) is 6.54 Å². The molecule has 5 N–H and O–H groups in total. The molecule has 0 saturated heterocycles. The number of carbonyl (C=O) groups excluding carboxylic acids is 1. The van der Waals surface area contributed by atoms with Gasteiger partial charge in [-0.15, -0.1) is 0 Å². The summed E-state index contributed by atoms with van der Waals surface area (Å²) in [4.78, 5) is 16.3. The van der Waals surface area contributed by atoms with Gasteiger partial charge in [0.1, 0.15) is 11.9 Å². The predicted molar refractivity (Wildman–Crippen MR) is 120 cm³/mol. The lowest BCUT2D eigenvalue weighted by Gasteiger charge is -2.35. The molecule has 2 aliphatic rings. The Morgan fingerprint density at radius 2 is 2.03 bits per heavy atom. The van der Waals surface area contributed by atoms with Gasteiger partial charge in [0.15, 0.2) is 0 Å². The Kier molecular flexibility index (Phi) is 5.11. The molecule has 0 fully saturated rings. The van der Waals surface area contributed by atoms with Gasteiger partial charge in [-0.25, -0.2) is 0 Å². The maximum absolute atomic E-state index is 11.8. The molecule has 2 aliphatic heterocycles. The Bertz CT molecular complexity index is 1210. The van der Waals surface area contributed by atoms with E-state index in [9.17, 15) is 4.79 Å². The third-order valence-corrected chi connectivity index (χ3v) is 5.60. The number of benzene rings is 2. The second-order valence-corrected chi connectivity index (χ2v) is 7.56. The second-order valence-electron chi connectivity index (χ2n) is 7.56. The maximum atomic E-state index is 11.8. The van der Waals surface area contributed by atoms with E-state index in [2.05, 4.69) is 33.1 Å². The van der Waals surface area contributed by atoms with Crippen LogP contribution in [0.5, 0.6) is 0 Å². The molecule has 3 aromatic rings. The third kappa shape index (κ3) is 3.76. The molecule has 3 heterocycles. The van der Waals surface area contributed by atoms with Crippen LogP contribution in [0.2, 0.25) is 0 Å². The first-order valence-electron chi connectivity index (χ1n) is 10.2. The number of nitrogens with one attached hydrogen (secondary N) is 3. The molecular formula is C24H23N5O2. The molecule has 1 aromatic heterocycles. The average molecular weight is 413 g/mol. The minimum Gasteiger partial charge on any atom is -0.464 e. The van der Waals surface area contributed by atoms with Crippen molar-refractivity contribution in [1.82, 2.24) is 16.0 Å². The van der Waals surface area contributed by atoms with Gasteiger partial charge in [0, 0.05) is 34.8 Å². The Labute approximate surface area is 179 Å². The van der Waals surface area contributed by atoms with Gasteiger partial charge in [0.05, 0.1) is 24.5 Å². The van der Waals surface area contributed by atoms with Crippen molar-refractivity contribution in [3.8, 4) is 0 Å². The molecule has 0 bridgehead atoms. The van der Waals surface area contributed by atoms with Crippen LogP contribution in [0.4, 0.5) is 0 Å². The fourth-order valence-electron chi connectivity index (χ4n) is 4.07. The van der Waals surface area contributed by atoms with Crippen molar-refractivity contribution >= 4 is 22.9 Å². The van der Waals surface area contributed by atoms with Gasteiger partial charge in [-0.05, 0) is 23.8 Å². The number of nitrogens with zero attached hydrogens (tertiary/aromatic N) is 1. The standard InChI is InChI=1S/C24H23N5O2/c25-22(30)17-9-4-8-16-19(17)14-31-21(16)24-28-20-10-5-11-26-13-18(20)23(29-24)27-12-15-6-2-1-3-7-15/h1-11,14,23-24,27-29H,12-13H2,(H2,25,30). The number of primary amides is 1. The van der Waals surface area contributed by atoms with Gasteiger partial charge in [0.25, 0.3) is 0 Å². The largest absolute Gasteiger partial charge is 0.464 e. The van der Waals surface area contributed by atoms with E-state index in [4.69, 9.17) is 10.2 Å². The molecule has 2 atom stereocenters. The molecule has 2 unspecified atom stereocenters. The van der Waals surface area contributed by atoms with Crippen LogP contribution in [-0.4, -0.2) is 24.8 Å². The van der Waals surface area contributed by atoms with E-state index in [0.29, 0.717) is 29.8 Å². The second kappa shape index (κ2) is 8.22. The summed E-state index contributed by atoms with van der Waals surface area (Å²) < 4.78 is 5.93. The molecule has 156 valence electrons. The van der Waals surface area contributed by atoms with Gasteiger partial charge in [0.2, 0.25) is 5.91 Å². The quantitative estimate of drug-likeness (QED) is 0.515. The zero-order chi connectivity index (χ0) is 21.2. The van der Waals surface area contributed by atoms with E-state index in [0.717, 1.165) is 16.7 Å². The SMILES string of the molecule is NC(=O)c1cccc2c(C3NC4=C(CN=CC=C4)C(NCc4ccccc4)N3)occ12. The summed E-state index contributed by atoms with van der Waals surface area (Å²) in [5, 5.41) is 12.3. The molecule has 0 radical (unpaired) electrons. The summed E-state index contributed by atoms with van der Waals surface area (Å²) in [6.07, 6.45) is 6.95.